The summed E-state index contributed by atoms with van der Waals surface area (Å²) in [5.41, 5.74) is 0. The maximum Gasteiger partial charge on any atom is 0.305 e. The second-order valence-corrected chi connectivity index (χ2v) is 5.51. The van der Waals surface area contributed by atoms with Gasteiger partial charge in [-0.25, -0.2) is 0 Å². The average molecular weight is 258 g/mol. The van der Waals surface area contributed by atoms with E-state index in [1.807, 2.05) is 6.92 Å². The fourth-order valence-electron chi connectivity index (χ4n) is 2.37. The van der Waals surface area contributed by atoms with Crippen molar-refractivity contribution in [3.05, 3.63) is 0 Å². The fraction of sp³-hybridized carbons (Fsp3) is 0.929. The molecule has 1 unspecified atom stereocenters. The van der Waals surface area contributed by atoms with E-state index in [0.717, 1.165) is 6.42 Å². The summed E-state index contributed by atoms with van der Waals surface area (Å²) >= 11 is 0. The lowest BCUT2D eigenvalue weighted by Crippen LogP contribution is -2.42. The Morgan fingerprint density at radius 2 is 1.94 bits per heavy atom. The molecule has 0 N–H and O–H groups in total. The molecule has 0 radical (unpaired) electrons. The summed E-state index contributed by atoms with van der Waals surface area (Å²) in [6.07, 6.45) is 1.13. The van der Waals surface area contributed by atoms with E-state index >= 15 is 0 Å². The minimum Gasteiger partial charge on any atom is -0.463 e. The van der Waals surface area contributed by atoms with Gasteiger partial charge in [-0.15, -0.1) is 0 Å². The summed E-state index contributed by atoms with van der Waals surface area (Å²) in [6.45, 7) is 11.1. The van der Waals surface area contributed by atoms with Crippen LogP contribution in [0.2, 0.25) is 0 Å². The van der Waals surface area contributed by atoms with Gasteiger partial charge in [-0.05, 0) is 6.42 Å². The van der Waals surface area contributed by atoms with Crippen LogP contribution in [0.15, 0.2) is 0 Å². The van der Waals surface area contributed by atoms with Gasteiger partial charge in [0.15, 0.2) is 5.79 Å². The van der Waals surface area contributed by atoms with Gasteiger partial charge in [0, 0.05) is 18.3 Å². The first kappa shape index (κ1) is 15.4. The molecule has 1 heterocycles. The van der Waals surface area contributed by atoms with Crippen LogP contribution in [0.3, 0.4) is 0 Å². The Bertz CT molecular complexity index is 265. The van der Waals surface area contributed by atoms with Crippen LogP contribution in [0.1, 0.15) is 47.5 Å². The van der Waals surface area contributed by atoms with Crippen molar-refractivity contribution in [3.63, 3.8) is 0 Å². The van der Waals surface area contributed by atoms with Crippen LogP contribution in [0, 0.1) is 11.8 Å². The van der Waals surface area contributed by atoms with Gasteiger partial charge in [0.2, 0.25) is 0 Å². The highest BCUT2D eigenvalue weighted by molar-refractivity contribution is 5.69. The molecule has 4 nitrogen and oxygen atoms in total. The third-order valence-corrected chi connectivity index (χ3v) is 3.34. The highest BCUT2D eigenvalue weighted by Gasteiger charge is 2.46. The number of esters is 1. The van der Waals surface area contributed by atoms with E-state index in [0.29, 0.717) is 19.6 Å². The van der Waals surface area contributed by atoms with E-state index in [9.17, 15) is 4.79 Å². The first-order valence-electron chi connectivity index (χ1n) is 6.89. The standard InChI is InChI=1S/C14H26O4/c1-6-7-13(15)16-8-12-9-17-14(18-12,10(2)3)11(4)5/h10-12H,6-9H2,1-5H3. The summed E-state index contributed by atoms with van der Waals surface area (Å²) in [7, 11) is 0. The topological polar surface area (TPSA) is 44.8 Å². The van der Waals surface area contributed by atoms with E-state index < -0.39 is 5.79 Å². The van der Waals surface area contributed by atoms with Gasteiger partial charge in [0.05, 0.1) is 6.61 Å². The van der Waals surface area contributed by atoms with Crippen molar-refractivity contribution >= 4 is 5.97 Å². The lowest BCUT2D eigenvalue weighted by molar-refractivity contribution is -0.228. The van der Waals surface area contributed by atoms with Crippen LogP contribution in [-0.2, 0) is 19.0 Å². The second kappa shape index (κ2) is 6.53. The largest absolute Gasteiger partial charge is 0.463 e. The normalized spacial score (nSPS) is 22.7. The van der Waals surface area contributed by atoms with Crippen LogP contribution < -0.4 is 0 Å². The fourth-order valence-corrected chi connectivity index (χ4v) is 2.37. The van der Waals surface area contributed by atoms with Crippen molar-refractivity contribution in [1.82, 2.24) is 0 Å². The quantitative estimate of drug-likeness (QED) is 0.687. The molecule has 0 amide bonds. The molecule has 0 spiro atoms. The van der Waals surface area contributed by atoms with Gasteiger partial charge in [-0.1, -0.05) is 34.6 Å². The summed E-state index contributed by atoms with van der Waals surface area (Å²) in [5.74, 6) is -0.155. The molecule has 0 aromatic heterocycles. The molecule has 18 heavy (non-hydrogen) atoms. The molecule has 0 aliphatic carbocycles. The van der Waals surface area contributed by atoms with Gasteiger partial charge in [-0.2, -0.15) is 0 Å². The van der Waals surface area contributed by atoms with Gasteiger partial charge < -0.3 is 14.2 Å². The van der Waals surface area contributed by atoms with Crippen LogP contribution in [0.4, 0.5) is 0 Å². The number of carbonyl (C=O) groups is 1. The van der Waals surface area contributed by atoms with Crippen molar-refractivity contribution in [2.75, 3.05) is 13.2 Å². The molecule has 0 aromatic rings. The molecule has 1 atom stereocenters. The molecule has 1 rings (SSSR count). The molecule has 1 fully saturated rings. The van der Waals surface area contributed by atoms with Crippen molar-refractivity contribution in [1.29, 1.82) is 0 Å². The molecule has 1 aliphatic heterocycles. The van der Waals surface area contributed by atoms with Gasteiger partial charge >= 0.3 is 5.97 Å². The third-order valence-electron chi connectivity index (χ3n) is 3.34. The lowest BCUT2D eigenvalue weighted by atomic mass is 9.91. The highest BCUT2D eigenvalue weighted by atomic mass is 16.8. The molecule has 106 valence electrons. The summed E-state index contributed by atoms with van der Waals surface area (Å²) in [5, 5.41) is 0. The van der Waals surface area contributed by atoms with E-state index in [1.165, 1.54) is 0 Å². The number of hydrogen-bond acceptors (Lipinski definition) is 4. The molecule has 0 aromatic carbocycles. The summed E-state index contributed by atoms with van der Waals surface area (Å²) in [6, 6.07) is 0. The number of hydrogen-bond donors (Lipinski definition) is 0. The maximum atomic E-state index is 11.3. The van der Waals surface area contributed by atoms with Crippen LogP contribution in [-0.4, -0.2) is 31.1 Å². The molecular formula is C14H26O4. The Labute approximate surface area is 110 Å². The Hall–Kier alpha value is -0.610. The summed E-state index contributed by atoms with van der Waals surface area (Å²) in [4.78, 5) is 11.3. The van der Waals surface area contributed by atoms with Crippen LogP contribution >= 0.6 is 0 Å². The van der Waals surface area contributed by atoms with E-state index in [4.69, 9.17) is 14.2 Å². The van der Waals surface area contributed by atoms with E-state index in [-0.39, 0.29) is 23.9 Å². The van der Waals surface area contributed by atoms with E-state index in [2.05, 4.69) is 27.7 Å². The predicted molar refractivity (Wildman–Crippen MR) is 69.1 cm³/mol. The second-order valence-electron chi connectivity index (χ2n) is 5.51. The number of ether oxygens (including phenoxy) is 3. The zero-order valence-corrected chi connectivity index (χ0v) is 12.2. The average Bonchev–Trinajstić information content (AvgIpc) is 2.72. The van der Waals surface area contributed by atoms with Gasteiger partial charge in [0.1, 0.15) is 12.7 Å². The van der Waals surface area contributed by atoms with Gasteiger partial charge in [0.25, 0.3) is 0 Å². The van der Waals surface area contributed by atoms with E-state index in [1.54, 1.807) is 0 Å². The molecule has 0 saturated carbocycles. The van der Waals surface area contributed by atoms with Crippen LogP contribution in [0.5, 0.6) is 0 Å². The third kappa shape index (κ3) is 3.45. The van der Waals surface area contributed by atoms with Crippen molar-refractivity contribution in [2.24, 2.45) is 11.8 Å². The molecule has 1 aliphatic rings. The van der Waals surface area contributed by atoms with Crippen molar-refractivity contribution < 1.29 is 19.0 Å². The zero-order valence-electron chi connectivity index (χ0n) is 12.2. The minimum atomic E-state index is -0.540. The molecular weight excluding hydrogens is 232 g/mol. The zero-order chi connectivity index (χ0) is 13.8. The Morgan fingerprint density at radius 3 is 2.39 bits per heavy atom. The Balaban J connectivity index is 2.47. The molecule has 0 bridgehead atoms. The predicted octanol–water partition coefficient (Wildman–Crippen LogP) is 2.75. The van der Waals surface area contributed by atoms with Crippen LogP contribution in [0.25, 0.3) is 0 Å². The number of rotatable bonds is 6. The lowest BCUT2D eigenvalue weighted by Gasteiger charge is -2.35. The monoisotopic (exact) mass is 258 g/mol. The Kier molecular flexibility index (Phi) is 5.60. The number of carbonyl (C=O) groups excluding carboxylic acids is 1. The first-order valence-corrected chi connectivity index (χ1v) is 6.89. The van der Waals surface area contributed by atoms with Crippen molar-refractivity contribution in [3.8, 4) is 0 Å². The smallest absolute Gasteiger partial charge is 0.305 e. The van der Waals surface area contributed by atoms with Crippen molar-refractivity contribution in [2.45, 2.75) is 59.4 Å². The molecule has 4 heteroatoms. The SMILES string of the molecule is CCCC(=O)OCC1COC(C(C)C)(C(C)C)O1. The Morgan fingerprint density at radius 1 is 1.33 bits per heavy atom. The maximum absolute atomic E-state index is 11.3. The first-order chi connectivity index (χ1) is 8.42. The minimum absolute atomic E-state index is 0.143. The molecule has 1 saturated heterocycles. The summed E-state index contributed by atoms with van der Waals surface area (Å²) < 4.78 is 17.0. The highest BCUT2D eigenvalue weighted by Crippen LogP contribution is 2.37. The van der Waals surface area contributed by atoms with Gasteiger partial charge in [-0.3, -0.25) is 4.79 Å².